The van der Waals surface area contributed by atoms with Gasteiger partial charge in [-0.1, -0.05) is 82.2 Å². The van der Waals surface area contributed by atoms with Gasteiger partial charge in [0.1, 0.15) is 0 Å². The van der Waals surface area contributed by atoms with Crippen LogP contribution in [0.4, 0.5) is 0 Å². The lowest BCUT2D eigenvalue weighted by molar-refractivity contribution is 0.575. The van der Waals surface area contributed by atoms with Gasteiger partial charge >= 0.3 is 0 Å². The van der Waals surface area contributed by atoms with Crippen LogP contribution in [-0.4, -0.2) is 4.98 Å². The molecule has 0 N–H and O–H groups in total. The van der Waals surface area contributed by atoms with Gasteiger partial charge < -0.3 is 0 Å². The summed E-state index contributed by atoms with van der Waals surface area (Å²) in [6, 6.07) is 16.8. The number of nitriles is 1. The first kappa shape index (κ1) is 21.1. The zero-order chi connectivity index (χ0) is 20.3. The third kappa shape index (κ3) is 5.91. The second-order valence-corrected chi connectivity index (χ2v) is 7.98. The quantitative estimate of drug-likeness (QED) is 0.323. The molecule has 1 heterocycles. The number of hydrogen-bond donors (Lipinski definition) is 0. The molecule has 0 aliphatic rings. The Balaban J connectivity index is 1.63. The van der Waals surface area contributed by atoms with E-state index < -0.39 is 0 Å². The number of rotatable bonds is 11. The van der Waals surface area contributed by atoms with Crippen LogP contribution >= 0.6 is 0 Å². The largest absolute Gasteiger partial charge is 0.264 e. The summed E-state index contributed by atoms with van der Waals surface area (Å²) >= 11 is 0. The van der Waals surface area contributed by atoms with E-state index in [0.29, 0.717) is 0 Å². The van der Waals surface area contributed by atoms with Gasteiger partial charge in [0.25, 0.3) is 0 Å². The Labute approximate surface area is 175 Å². The number of fused-ring (bicyclic) bond motifs is 1. The average molecular weight is 385 g/mol. The number of pyridine rings is 1. The van der Waals surface area contributed by atoms with E-state index >= 15 is 0 Å². The number of aromatic nitrogens is 1. The maximum atomic E-state index is 9.40. The first-order chi connectivity index (χ1) is 14.3. The third-order valence-corrected chi connectivity index (χ3v) is 5.82. The molecule has 3 aromatic rings. The minimum Gasteiger partial charge on any atom is -0.264 e. The summed E-state index contributed by atoms with van der Waals surface area (Å²) in [7, 11) is 0. The van der Waals surface area contributed by atoms with Crippen molar-refractivity contribution in [3.63, 3.8) is 0 Å². The molecule has 0 spiro atoms. The minimum atomic E-state index is 0.745. The van der Waals surface area contributed by atoms with Crippen molar-refractivity contribution in [2.45, 2.75) is 71.1 Å². The third-order valence-electron chi connectivity index (χ3n) is 5.82. The predicted molar refractivity (Wildman–Crippen MR) is 122 cm³/mol. The summed E-state index contributed by atoms with van der Waals surface area (Å²) in [4.78, 5) is 4.39. The summed E-state index contributed by atoms with van der Waals surface area (Å²) in [5, 5.41) is 11.6. The molecule has 29 heavy (non-hydrogen) atoms. The predicted octanol–water partition coefficient (Wildman–Crippen LogP) is 7.38. The molecule has 0 unspecified atom stereocenters. The fourth-order valence-electron chi connectivity index (χ4n) is 4.13. The van der Waals surface area contributed by atoms with Crippen molar-refractivity contribution < 1.29 is 0 Å². The van der Waals surface area contributed by atoms with Crippen molar-refractivity contribution >= 4 is 10.8 Å². The highest BCUT2D eigenvalue weighted by atomic mass is 14.6. The molecule has 1 aromatic heterocycles. The Hall–Kier alpha value is -2.66. The highest BCUT2D eigenvalue weighted by Gasteiger charge is 2.09. The maximum absolute atomic E-state index is 9.40. The molecule has 0 saturated heterocycles. The first-order valence-electron chi connectivity index (χ1n) is 11.2. The van der Waals surface area contributed by atoms with Gasteiger partial charge in [-0.3, -0.25) is 4.98 Å². The standard InChI is InChI=1S/C27H32N2/c1-2-3-4-5-6-7-8-9-12-22-17-18-29-21-25(22)19-23-15-16-24(20-28)27-14-11-10-13-26(23)27/h10-11,13-18,21H,2-9,12,19H2,1H3. The summed E-state index contributed by atoms with van der Waals surface area (Å²) in [5.74, 6) is 0. The molecular weight excluding hydrogens is 352 g/mol. The Morgan fingerprint density at radius 3 is 2.24 bits per heavy atom. The molecule has 0 aliphatic heterocycles. The summed E-state index contributed by atoms with van der Waals surface area (Å²) in [6.45, 7) is 2.27. The molecule has 0 fully saturated rings. The van der Waals surface area contributed by atoms with Crippen molar-refractivity contribution in [2.24, 2.45) is 0 Å². The number of benzene rings is 2. The van der Waals surface area contributed by atoms with Crippen LogP contribution in [0.1, 0.15) is 80.5 Å². The Morgan fingerprint density at radius 2 is 1.48 bits per heavy atom. The topological polar surface area (TPSA) is 36.7 Å². The summed E-state index contributed by atoms with van der Waals surface area (Å²) < 4.78 is 0. The number of nitrogens with zero attached hydrogens (tertiary/aromatic N) is 2. The minimum absolute atomic E-state index is 0.745. The smallest absolute Gasteiger partial charge is 0.0998 e. The van der Waals surface area contributed by atoms with Gasteiger partial charge in [-0.05, 0) is 58.9 Å². The number of hydrogen-bond acceptors (Lipinski definition) is 2. The number of unbranched alkanes of at least 4 members (excludes halogenated alkanes) is 7. The van der Waals surface area contributed by atoms with Crippen molar-refractivity contribution in [3.8, 4) is 6.07 Å². The zero-order valence-corrected chi connectivity index (χ0v) is 17.7. The van der Waals surface area contributed by atoms with Gasteiger partial charge in [0.05, 0.1) is 11.6 Å². The van der Waals surface area contributed by atoms with Crippen LogP contribution in [0.15, 0.2) is 54.9 Å². The molecule has 150 valence electrons. The molecule has 0 radical (unpaired) electrons. The van der Waals surface area contributed by atoms with Crippen LogP contribution in [-0.2, 0) is 12.8 Å². The van der Waals surface area contributed by atoms with E-state index in [0.717, 1.165) is 23.8 Å². The molecule has 2 aromatic carbocycles. The second kappa shape index (κ2) is 11.4. The van der Waals surface area contributed by atoms with E-state index in [1.807, 2.05) is 30.6 Å². The highest BCUT2D eigenvalue weighted by molar-refractivity contribution is 5.90. The van der Waals surface area contributed by atoms with Crippen LogP contribution in [0.5, 0.6) is 0 Å². The number of aryl methyl sites for hydroxylation is 1. The maximum Gasteiger partial charge on any atom is 0.0998 e. The van der Waals surface area contributed by atoms with Crippen molar-refractivity contribution in [1.29, 1.82) is 5.26 Å². The van der Waals surface area contributed by atoms with Gasteiger partial charge in [-0.25, -0.2) is 0 Å². The molecule has 2 nitrogen and oxygen atoms in total. The Morgan fingerprint density at radius 1 is 0.759 bits per heavy atom. The van der Waals surface area contributed by atoms with Crippen LogP contribution < -0.4 is 0 Å². The average Bonchev–Trinajstić information content (AvgIpc) is 2.77. The van der Waals surface area contributed by atoms with E-state index in [2.05, 4.69) is 42.2 Å². The summed E-state index contributed by atoms with van der Waals surface area (Å²) in [5.41, 5.74) is 4.74. The SMILES string of the molecule is CCCCCCCCCCc1ccncc1Cc1ccc(C#N)c2ccccc12. The second-order valence-electron chi connectivity index (χ2n) is 7.98. The normalized spacial score (nSPS) is 10.9. The molecule has 0 saturated carbocycles. The van der Waals surface area contributed by atoms with Crippen LogP contribution in [0, 0.1) is 11.3 Å². The molecule has 0 bridgehead atoms. The van der Waals surface area contributed by atoms with Crippen molar-refractivity contribution in [3.05, 3.63) is 77.1 Å². The first-order valence-corrected chi connectivity index (χ1v) is 11.2. The van der Waals surface area contributed by atoms with Crippen molar-refractivity contribution in [1.82, 2.24) is 4.98 Å². The monoisotopic (exact) mass is 384 g/mol. The highest BCUT2D eigenvalue weighted by Crippen LogP contribution is 2.26. The molecular formula is C27H32N2. The molecule has 0 amide bonds. The van der Waals surface area contributed by atoms with Gasteiger partial charge in [0.2, 0.25) is 0 Å². The van der Waals surface area contributed by atoms with Crippen LogP contribution in [0.2, 0.25) is 0 Å². The molecule has 3 rings (SSSR count). The Bertz CT molecular complexity index is 952. The lowest BCUT2D eigenvalue weighted by Gasteiger charge is -2.12. The molecule has 2 heteroatoms. The lowest BCUT2D eigenvalue weighted by atomic mass is 9.93. The van der Waals surface area contributed by atoms with E-state index in [4.69, 9.17) is 0 Å². The summed E-state index contributed by atoms with van der Waals surface area (Å²) in [6.07, 6.45) is 16.7. The zero-order valence-electron chi connectivity index (χ0n) is 17.7. The van der Waals surface area contributed by atoms with Crippen LogP contribution in [0.25, 0.3) is 10.8 Å². The van der Waals surface area contributed by atoms with E-state index in [9.17, 15) is 5.26 Å². The fraction of sp³-hybridized carbons (Fsp3) is 0.407. The van der Waals surface area contributed by atoms with Crippen LogP contribution in [0.3, 0.4) is 0 Å². The van der Waals surface area contributed by atoms with Gasteiger partial charge in [-0.2, -0.15) is 5.26 Å². The Kier molecular flexibility index (Phi) is 8.25. The molecule has 0 aliphatic carbocycles. The van der Waals surface area contributed by atoms with E-state index in [1.165, 1.54) is 73.4 Å². The van der Waals surface area contributed by atoms with Gasteiger partial charge in [0.15, 0.2) is 0 Å². The fourth-order valence-corrected chi connectivity index (χ4v) is 4.13. The van der Waals surface area contributed by atoms with Gasteiger partial charge in [0, 0.05) is 12.4 Å². The van der Waals surface area contributed by atoms with E-state index in [1.54, 1.807) is 0 Å². The van der Waals surface area contributed by atoms with Gasteiger partial charge in [-0.15, -0.1) is 0 Å². The van der Waals surface area contributed by atoms with Crippen molar-refractivity contribution in [2.75, 3.05) is 0 Å². The van der Waals surface area contributed by atoms with E-state index in [-0.39, 0.29) is 0 Å². The lowest BCUT2D eigenvalue weighted by Crippen LogP contribution is -1.99. The molecule has 0 atom stereocenters.